The van der Waals surface area contributed by atoms with Crippen LogP contribution in [-0.2, 0) is 6.42 Å². The van der Waals surface area contributed by atoms with Crippen LogP contribution in [0.5, 0.6) is 0 Å². The zero-order valence-corrected chi connectivity index (χ0v) is 10.2. The van der Waals surface area contributed by atoms with Crippen LogP contribution >= 0.6 is 15.9 Å². The molecule has 82 valence electrons. The van der Waals surface area contributed by atoms with E-state index in [9.17, 15) is 4.39 Å². The van der Waals surface area contributed by atoms with Crippen LogP contribution in [0.3, 0.4) is 0 Å². The molecule has 0 saturated heterocycles. The molecule has 0 saturated carbocycles. The number of halogens is 2. The van der Waals surface area contributed by atoms with E-state index in [2.05, 4.69) is 15.9 Å². The van der Waals surface area contributed by atoms with Crippen LogP contribution in [0.2, 0.25) is 0 Å². The summed E-state index contributed by atoms with van der Waals surface area (Å²) < 4.78 is 13.9. The predicted molar refractivity (Wildman–Crippen MR) is 67.8 cm³/mol. The van der Waals surface area contributed by atoms with E-state index in [1.54, 1.807) is 6.07 Å². The lowest BCUT2D eigenvalue weighted by Crippen LogP contribution is -1.96. The predicted octanol–water partition coefficient (Wildman–Crippen LogP) is 3.76. The van der Waals surface area contributed by atoms with Crippen molar-refractivity contribution in [3.05, 3.63) is 63.9 Å². The van der Waals surface area contributed by atoms with Gasteiger partial charge in [-0.05, 0) is 41.8 Å². The summed E-state index contributed by atoms with van der Waals surface area (Å²) in [5, 5.41) is 0. The smallest absolute Gasteiger partial charge is 0.123 e. The first kappa shape index (κ1) is 11.1. The molecule has 2 aromatic rings. The second-order valence-electron chi connectivity index (χ2n) is 3.65. The van der Waals surface area contributed by atoms with Gasteiger partial charge in [-0.1, -0.05) is 34.1 Å². The molecular formula is C13H11BrFN. The molecule has 0 fully saturated rings. The number of rotatable bonds is 2. The summed E-state index contributed by atoms with van der Waals surface area (Å²) >= 11 is 3.35. The summed E-state index contributed by atoms with van der Waals surface area (Å²) in [6.45, 7) is 0. The number of benzene rings is 2. The van der Waals surface area contributed by atoms with Crippen LogP contribution < -0.4 is 5.73 Å². The van der Waals surface area contributed by atoms with Crippen molar-refractivity contribution in [2.24, 2.45) is 0 Å². The first-order chi connectivity index (χ1) is 7.65. The standard InChI is InChI=1S/C13H11BrFN/c14-11-5-4-10(13(16)8-11)6-9-2-1-3-12(15)7-9/h1-5,7-8H,6,16H2. The lowest BCUT2D eigenvalue weighted by Gasteiger charge is -2.06. The van der Waals surface area contributed by atoms with Gasteiger partial charge in [0.25, 0.3) is 0 Å². The van der Waals surface area contributed by atoms with Crippen molar-refractivity contribution in [3.8, 4) is 0 Å². The molecule has 2 N–H and O–H groups in total. The Bertz CT molecular complexity index is 511. The maximum atomic E-state index is 13.0. The van der Waals surface area contributed by atoms with Crippen LogP contribution in [0.4, 0.5) is 10.1 Å². The Morgan fingerprint density at radius 3 is 2.62 bits per heavy atom. The van der Waals surface area contributed by atoms with Crippen molar-refractivity contribution in [1.29, 1.82) is 0 Å². The fourth-order valence-corrected chi connectivity index (χ4v) is 1.97. The number of anilines is 1. The highest BCUT2D eigenvalue weighted by Crippen LogP contribution is 2.21. The number of nitrogen functional groups attached to an aromatic ring is 1. The zero-order valence-electron chi connectivity index (χ0n) is 8.58. The molecule has 0 atom stereocenters. The third-order valence-electron chi connectivity index (χ3n) is 2.39. The Morgan fingerprint density at radius 1 is 1.12 bits per heavy atom. The minimum Gasteiger partial charge on any atom is -0.398 e. The van der Waals surface area contributed by atoms with Crippen LogP contribution in [0.1, 0.15) is 11.1 Å². The maximum Gasteiger partial charge on any atom is 0.123 e. The van der Waals surface area contributed by atoms with Crippen LogP contribution in [0.15, 0.2) is 46.9 Å². The Labute approximate surface area is 102 Å². The highest BCUT2D eigenvalue weighted by molar-refractivity contribution is 9.10. The minimum absolute atomic E-state index is 0.215. The molecular weight excluding hydrogens is 269 g/mol. The van der Waals surface area contributed by atoms with Gasteiger partial charge in [0.15, 0.2) is 0 Å². The molecule has 2 rings (SSSR count). The van der Waals surface area contributed by atoms with E-state index >= 15 is 0 Å². The van der Waals surface area contributed by atoms with Gasteiger partial charge in [-0.2, -0.15) is 0 Å². The lowest BCUT2D eigenvalue weighted by molar-refractivity contribution is 0.626. The molecule has 0 aliphatic heterocycles. The molecule has 0 aliphatic carbocycles. The fraction of sp³-hybridized carbons (Fsp3) is 0.0769. The Kier molecular flexibility index (Phi) is 3.25. The van der Waals surface area contributed by atoms with E-state index in [0.717, 1.165) is 21.3 Å². The fourth-order valence-electron chi connectivity index (χ4n) is 1.59. The van der Waals surface area contributed by atoms with Gasteiger partial charge in [0, 0.05) is 10.2 Å². The third-order valence-corrected chi connectivity index (χ3v) is 2.88. The summed E-state index contributed by atoms with van der Waals surface area (Å²) in [4.78, 5) is 0. The molecule has 0 spiro atoms. The van der Waals surface area contributed by atoms with Crippen molar-refractivity contribution in [3.63, 3.8) is 0 Å². The summed E-state index contributed by atoms with van der Waals surface area (Å²) in [6, 6.07) is 12.3. The van der Waals surface area contributed by atoms with Crippen molar-refractivity contribution >= 4 is 21.6 Å². The second-order valence-corrected chi connectivity index (χ2v) is 4.57. The van der Waals surface area contributed by atoms with Gasteiger partial charge < -0.3 is 5.73 Å². The first-order valence-corrected chi connectivity index (χ1v) is 5.73. The molecule has 16 heavy (non-hydrogen) atoms. The quantitative estimate of drug-likeness (QED) is 0.833. The highest BCUT2D eigenvalue weighted by atomic mass is 79.9. The van der Waals surface area contributed by atoms with Gasteiger partial charge in [0.2, 0.25) is 0 Å². The summed E-state index contributed by atoms with van der Waals surface area (Å²) in [5.74, 6) is -0.215. The van der Waals surface area contributed by atoms with E-state index in [1.165, 1.54) is 12.1 Å². The average molecular weight is 280 g/mol. The van der Waals surface area contributed by atoms with Gasteiger partial charge in [-0.3, -0.25) is 0 Å². The molecule has 2 aromatic carbocycles. The molecule has 0 aromatic heterocycles. The monoisotopic (exact) mass is 279 g/mol. The molecule has 0 bridgehead atoms. The van der Waals surface area contributed by atoms with E-state index in [-0.39, 0.29) is 5.82 Å². The molecule has 1 nitrogen and oxygen atoms in total. The van der Waals surface area contributed by atoms with Crippen LogP contribution in [0.25, 0.3) is 0 Å². The van der Waals surface area contributed by atoms with E-state index in [4.69, 9.17) is 5.73 Å². The topological polar surface area (TPSA) is 26.0 Å². The molecule has 3 heteroatoms. The van der Waals surface area contributed by atoms with Gasteiger partial charge in [0.1, 0.15) is 5.82 Å². The summed E-state index contributed by atoms with van der Waals surface area (Å²) in [7, 11) is 0. The van der Waals surface area contributed by atoms with E-state index < -0.39 is 0 Å². The van der Waals surface area contributed by atoms with Crippen LogP contribution in [0, 0.1) is 5.82 Å². The second kappa shape index (κ2) is 4.66. The number of nitrogens with two attached hydrogens (primary N) is 1. The minimum atomic E-state index is -0.215. The first-order valence-electron chi connectivity index (χ1n) is 4.93. The van der Waals surface area contributed by atoms with Crippen LogP contribution in [-0.4, -0.2) is 0 Å². The van der Waals surface area contributed by atoms with Crippen molar-refractivity contribution in [2.45, 2.75) is 6.42 Å². The van der Waals surface area contributed by atoms with Crippen molar-refractivity contribution in [1.82, 2.24) is 0 Å². The van der Waals surface area contributed by atoms with Gasteiger partial charge in [-0.25, -0.2) is 4.39 Å². The Morgan fingerprint density at radius 2 is 1.94 bits per heavy atom. The lowest BCUT2D eigenvalue weighted by atomic mass is 10.0. The van der Waals surface area contributed by atoms with E-state index in [1.807, 2.05) is 24.3 Å². The highest BCUT2D eigenvalue weighted by Gasteiger charge is 2.02. The van der Waals surface area contributed by atoms with E-state index in [0.29, 0.717) is 6.42 Å². The van der Waals surface area contributed by atoms with Crippen molar-refractivity contribution in [2.75, 3.05) is 5.73 Å². The Balaban J connectivity index is 2.27. The third kappa shape index (κ3) is 2.61. The molecule has 0 amide bonds. The average Bonchev–Trinajstić information content (AvgIpc) is 2.22. The SMILES string of the molecule is Nc1cc(Br)ccc1Cc1cccc(F)c1. The summed E-state index contributed by atoms with van der Waals surface area (Å²) in [6.07, 6.45) is 0.650. The molecule has 0 aliphatic rings. The zero-order chi connectivity index (χ0) is 11.5. The molecule has 0 heterocycles. The number of hydrogen-bond donors (Lipinski definition) is 1. The Hall–Kier alpha value is -1.35. The normalized spacial score (nSPS) is 10.4. The molecule has 0 unspecified atom stereocenters. The summed E-state index contributed by atoms with van der Waals surface area (Å²) in [5.41, 5.74) is 8.54. The number of hydrogen-bond acceptors (Lipinski definition) is 1. The maximum absolute atomic E-state index is 13.0. The van der Waals surface area contributed by atoms with Crippen molar-refractivity contribution < 1.29 is 4.39 Å². The molecule has 0 radical (unpaired) electrons. The van der Waals surface area contributed by atoms with Gasteiger partial charge >= 0.3 is 0 Å². The van der Waals surface area contributed by atoms with Gasteiger partial charge in [-0.15, -0.1) is 0 Å². The largest absolute Gasteiger partial charge is 0.398 e. The van der Waals surface area contributed by atoms with Gasteiger partial charge in [0.05, 0.1) is 0 Å².